The van der Waals surface area contributed by atoms with Crippen LogP contribution in [0.5, 0.6) is 0 Å². The summed E-state index contributed by atoms with van der Waals surface area (Å²) in [6.07, 6.45) is 1.17. The van der Waals surface area contributed by atoms with Crippen LogP contribution in [0.2, 0.25) is 0 Å². The van der Waals surface area contributed by atoms with Crippen LogP contribution in [0.3, 0.4) is 0 Å². The smallest absolute Gasteiger partial charge is 0.234 e. The Bertz CT molecular complexity index is 639. The molecule has 0 saturated heterocycles. The Kier molecular flexibility index (Phi) is 2.59. The molecule has 0 bridgehead atoms. The number of hydrogen-bond donors (Lipinski definition) is 1. The highest BCUT2D eigenvalue weighted by atomic mass is 16.3. The van der Waals surface area contributed by atoms with Crippen molar-refractivity contribution in [2.75, 3.05) is 0 Å². The number of rotatable bonds is 1. The first-order valence-electron chi connectivity index (χ1n) is 6.23. The average Bonchev–Trinajstić information content (AvgIpc) is 2.83. The summed E-state index contributed by atoms with van der Waals surface area (Å²) in [5.41, 5.74) is 0.745. The summed E-state index contributed by atoms with van der Waals surface area (Å²) in [5.74, 6) is -1.65. The van der Waals surface area contributed by atoms with Crippen LogP contribution < -0.4 is 0 Å². The molecule has 1 atom stereocenters. The predicted octanol–water partition coefficient (Wildman–Crippen LogP) is 2.09. The van der Waals surface area contributed by atoms with Crippen LogP contribution in [0, 0.1) is 5.92 Å². The van der Waals surface area contributed by atoms with Gasteiger partial charge in [0.15, 0.2) is 0 Å². The summed E-state index contributed by atoms with van der Waals surface area (Å²) in [5, 5.41) is 10.3. The number of fused-ring (bicyclic) bond motifs is 1. The van der Waals surface area contributed by atoms with Gasteiger partial charge in [-0.25, -0.2) is 0 Å². The van der Waals surface area contributed by atoms with E-state index in [0.717, 1.165) is 0 Å². The quantitative estimate of drug-likeness (QED) is 0.781. The summed E-state index contributed by atoms with van der Waals surface area (Å²) >= 11 is 0. The van der Waals surface area contributed by atoms with Crippen molar-refractivity contribution < 1.29 is 19.5 Å². The Labute approximate surface area is 109 Å². The van der Waals surface area contributed by atoms with Crippen LogP contribution in [0.15, 0.2) is 29.8 Å². The van der Waals surface area contributed by atoms with Gasteiger partial charge in [0.25, 0.3) is 0 Å². The fraction of sp³-hybridized carbons (Fsp3) is 0.267. The van der Waals surface area contributed by atoms with E-state index in [0.29, 0.717) is 18.4 Å². The molecule has 2 aliphatic rings. The van der Waals surface area contributed by atoms with Gasteiger partial charge in [-0.3, -0.25) is 14.4 Å². The molecule has 3 rings (SSSR count). The van der Waals surface area contributed by atoms with E-state index in [1.807, 2.05) is 0 Å². The van der Waals surface area contributed by atoms with E-state index in [-0.39, 0.29) is 35.0 Å². The third-order valence-electron chi connectivity index (χ3n) is 3.79. The molecule has 0 heterocycles. The molecule has 1 aromatic carbocycles. The molecule has 0 aliphatic heterocycles. The highest BCUT2D eigenvalue weighted by Gasteiger charge is 2.39. The van der Waals surface area contributed by atoms with Crippen molar-refractivity contribution >= 4 is 23.1 Å². The van der Waals surface area contributed by atoms with Gasteiger partial charge in [0.05, 0.1) is 0 Å². The number of carbonyl (C=O) groups excluding carboxylic acids is 3. The number of ketones is 3. The van der Waals surface area contributed by atoms with Crippen LogP contribution >= 0.6 is 0 Å². The third kappa shape index (κ3) is 1.71. The number of carbonyl (C=O) groups is 3. The van der Waals surface area contributed by atoms with E-state index < -0.39 is 11.6 Å². The van der Waals surface area contributed by atoms with Crippen molar-refractivity contribution in [3.63, 3.8) is 0 Å². The van der Waals surface area contributed by atoms with E-state index in [9.17, 15) is 19.5 Å². The zero-order valence-corrected chi connectivity index (χ0v) is 10.2. The summed E-state index contributed by atoms with van der Waals surface area (Å²) in [4.78, 5) is 35.5. The first kappa shape index (κ1) is 11.8. The molecular weight excluding hydrogens is 244 g/mol. The lowest BCUT2D eigenvalue weighted by molar-refractivity contribution is -0.117. The van der Waals surface area contributed by atoms with Crippen LogP contribution in [0.4, 0.5) is 0 Å². The number of aliphatic hydroxyl groups is 1. The molecule has 0 radical (unpaired) electrons. The molecule has 1 saturated carbocycles. The molecule has 2 aliphatic carbocycles. The van der Waals surface area contributed by atoms with E-state index >= 15 is 0 Å². The Hall–Kier alpha value is -2.23. The van der Waals surface area contributed by atoms with Crippen molar-refractivity contribution in [3.8, 4) is 0 Å². The minimum Gasteiger partial charge on any atom is -0.507 e. The molecule has 0 aromatic heterocycles. The molecule has 0 spiro atoms. The van der Waals surface area contributed by atoms with Crippen molar-refractivity contribution in [1.29, 1.82) is 0 Å². The van der Waals surface area contributed by atoms with E-state index in [2.05, 4.69) is 0 Å². The molecule has 1 aromatic rings. The van der Waals surface area contributed by atoms with Crippen molar-refractivity contribution in [1.82, 2.24) is 0 Å². The minimum atomic E-state index is -0.670. The number of aliphatic hydroxyl groups excluding tert-OH is 1. The molecule has 4 heteroatoms. The Morgan fingerprint density at radius 2 is 1.68 bits per heavy atom. The summed E-state index contributed by atoms with van der Waals surface area (Å²) in [7, 11) is 0. The van der Waals surface area contributed by atoms with E-state index in [4.69, 9.17) is 0 Å². The lowest BCUT2D eigenvalue weighted by Gasteiger charge is -2.21. The van der Waals surface area contributed by atoms with Gasteiger partial charge in [-0.1, -0.05) is 24.3 Å². The zero-order valence-electron chi connectivity index (χ0n) is 10.2. The van der Waals surface area contributed by atoms with Crippen LogP contribution in [-0.2, 0) is 9.59 Å². The van der Waals surface area contributed by atoms with Crippen LogP contribution in [-0.4, -0.2) is 22.5 Å². The van der Waals surface area contributed by atoms with Crippen molar-refractivity contribution in [2.24, 2.45) is 5.92 Å². The standard InChI is InChI=1S/C15H12O4/c16-9-6-5-8(7-9)12-13(17)10-3-1-2-4-11(10)14(18)15(12)19/h1-4,8,17H,5-7H2/t8-/m1/s1. The van der Waals surface area contributed by atoms with Gasteiger partial charge >= 0.3 is 0 Å². The maximum Gasteiger partial charge on any atom is 0.234 e. The summed E-state index contributed by atoms with van der Waals surface area (Å²) < 4.78 is 0. The lowest BCUT2D eigenvalue weighted by atomic mass is 9.82. The number of benzene rings is 1. The van der Waals surface area contributed by atoms with Crippen LogP contribution in [0.25, 0.3) is 5.76 Å². The first-order chi connectivity index (χ1) is 9.09. The number of Topliss-reactive ketones (excluding diaryl/α,β-unsaturated/α-hetero) is 3. The van der Waals surface area contributed by atoms with Crippen molar-refractivity contribution in [2.45, 2.75) is 19.3 Å². The summed E-state index contributed by atoms with van der Waals surface area (Å²) in [6.45, 7) is 0. The Morgan fingerprint density at radius 1 is 1.00 bits per heavy atom. The third-order valence-corrected chi connectivity index (χ3v) is 3.79. The fourth-order valence-corrected chi connectivity index (χ4v) is 2.82. The predicted molar refractivity (Wildman–Crippen MR) is 67.7 cm³/mol. The maximum absolute atomic E-state index is 12.1. The van der Waals surface area contributed by atoms with Crippen LogP contribution in [0.1, 0.15) is 35.2 Å². The van der Waals surface area contributed by atoms with Gasteiger partial charge in [-0.2, -0.15) is 0 Å². The monoisotopic (exact) mass is 256 g/mol. The fourth-order valence-electron chi connectivity index (χ4n) is 2.82. The molecule has 0 unspecified atom stereocenters. The number of hydrogen-bond acceptors (Lipinski definition) is 4. The SMILES string of the molecule is O=C1CC[C@@H](C2=C(O)c3ccccc3C(=O)C2=O)C1. The molecule has 1 N–H and O–H groups in total. The molecule has 0 amide bonds. The molecule has 19 heavy (non-hydrogen) atoms. The van der Waals surface area contributed by atoms with Gasteiger partial charge in [-0.15, -0.1) is 0 Å². The topological polar surface area (TPSA) is 71.4 Å². The van der Waals surface area contributed by atoms with Crippen molar-refractivity contribution in [3.05, 3.63) is 41.0 Å². The number of allylic oxidation sites excluding steroid dienone is 1. The molecular formula is C15H12O4. The molecule has 96 valence electrons. The highest BCUT2D eigenvalue weighted by molar-refractivity contribution is 6.52. The average molecular weight is 256 g/mol. The first-order valence-corrected chi connectivity index (χ1v) is 6.23. The normalized spacial score (nSPS) is 22.9. The van der Waals surface area contributed by atoms with Gasteiger partial charge in [0, 0.05) is 29.5 Å². The van der Waals surface area contributed by atoms with Gasteiger partial charge in [-0.05, 0) is 12.3 Å². The van der Waals surface area contributed by atoms with E-state index in [1.54, 1.807) is 18.2 Å². The largest absolute Gasteiger partial charge is 0.507 e. The van der Waals surface area contributed by atoms with Gasteiger partial charge in [0.2, 0.25) is 11.6 Å². The Balaban J connectivity index is 2.15. The maximum atomic E-state index is 12.1. The van der Waals surface area contributed by atoms with Gasteiger partial charge < -0.3 is 5.11 Å². The second kappa shape index (κ2) is 4.16. The highest BCUT2D eigenvalue weighted by Crippen LogP contribution is 2.37. The minimum absolute atomic E-state index is 0.0735. The van der Waals surface area contributed by atoms with E-state index in [1.165, 1.54) is 6.07 Å². The summed E-state index contributed by atoms with van der Waals surface area (Å²) in [6, 6.07) is 6.51. The second-order valence-corrected chi connectivity index (χ2v) is 4.94. The lowest BCUT2D eigenvalue weighted by Crippen LogP contribution is -2.27. The second-order valence-electron chi connectivity index (χ2n) is 4.94. The molecule has 1 fully saturated rings. The Morgan fingerprint density at radius 3 is 2.32 bits per heavy atom. The molecule has 4 nitrogen and oxygen atoms in total. The van der Waals surface area contributed by atoms with Gasteiger partial charge in [0.1, 0.15) is 11.5 Å². The zero-order chi connectivity index (χ0) is 13.6.